The summed E-state index contributed by atoms with van der Waals surface area (Å²) in [6, 6.07) is 2.85. The largest absolute Gasteiger partial charge is 0.383 e. The highest BCUT2D eigenvalue weighted by Crippen LogP contribution is 2.25. The van der Waals surface area contributed by atoms with Crippen LogP contribution in [-0.4, -0.2) is 4.98 Å². The molecule has 4 N–H and O–H groups in total. The highest BCUT2D eigenvalue weighted by Gasteiger charge is 2.15. The number of nitrogens with zero attached hydrogens (tertiary/aromatic N) is 2. The van der Waals surface area contributed by atoms with Crippen LogP contribution in [0.15, 0.2) is 6.07 Å². The zero-order chi connectivity index (χ0) is 10.7. The van der Waals surface area contributed by atoms with Gasteiger partial charge in [0.15, 0.2) is 0 Å². The third-order valence-corrected chi connectivity index (χ3v) is 1.72. The Bertz CT molecular complexity index is 383. The zero-order valence-electron chi connectivity index (χ0n) is 7.17. The van der Waals surface area contributed by atoms with Gasteiger partial charge in [-0.15, -0.1) is 0 Å². The van der Waals surface area contributed by atoms with E-state index in [9.17, 15) is 8.78 Å². The fourth-order valence-electron chi connectivity index (χ4n) is 1.01. The number of aromatic nitrogens is 1. The van der Waals surface area contributed by atoms with Crippen molar-refractivity contribution in [1.82, 2.24) is 4.98 Å². The number of hydrogen-bond donors (Lipinski definition) is 2. The van der Waals surface area contributed by atoms with Crippen LogP contribution in [0.3, 0.4) is 0 Å². The van der Waals surface area contributed by atoms with Crippen LogP contribution in [-0.2, 0) is 6.54 Å². The van der Waals surface area contributed by atoms with Crippen molar-refractivity contribution in [2.24, 2.45) is 5.73 Å². The Labute approximate surface area is 79.1 Å². The highest BCUT2D eigenvalue weighted by atomic mass is 19.3. The molecule has 0 saturated heterocycles. The summed E-state index contributed by atoms with van der Waals surface area (Å²) in [5.74, 6) is -0.325. The molecule has 6 heteroatoms. The summed E-state index contributed by atoms with van der Waals surface area (Å²) in [5, 5.41) is 8.59. The quantitative estimate of drug-likeness (QED) is 0.739. The summed E-state index contributed by atoms with van der Waals surface area (Å²) >= 11 is 0. The van der Waals surface area contributed by atoms with Crippen molar-refractivity contribution in [3.8, 4) is 6.07 Å². The predicted octanol–water partition coefficient (Wildman–Crippen LogP) is 0.932. The molecule has 0 unspecified atom stereocenters. The van der Waals surface area contributed by atoms with Crippen LogP contribution in [0.25, 0.3) is 0 Å². The van der Waals surface area contributed by atoms with Crippen molar-refractivity contribution in [1.29, 1.82) is 5.26 Å². The molecule has 0 saturated carbocycles. The van der Waals surface area contributed by atoms with Gasteiger partial charge in [-0.2, -0.15) is 5.26 Å². The van der Waals surface area contributed by atoms with E-state index in [0.29, 0.717) is 0 Å². The van der Waals surface area contributed by atoms with Crippen LogP contribution in [0.1, 0.15) is 23.2 Å². The molecule has 0 aliphatic carbocycles. The molecule has 0 aromatic carbocycles. The number of pyridine rings is 1. The van der Waals surface area contributed by atoms with E-state index < -0.39 is 6.43 Å². The maximum atomic E-state index is 12.3. The smallest absolute Gasteiger partial charge is 0.267 e. The van der Waals surface area contributed by atoms with Gasteiger partial charge in [0.05, 0.1) is 5.56 Å². The Morgan fingerprint density at radius 2 is 2.21 bits per heavy atom. The highest BCUT2D eigenvalue weighted by molar-refractivity contribution is 5.47. The minimum absolute atomic E-state index is 0.00519. The molecule has 4 nitrogen and oxygen atoms in total. The molecule has 0 amide bonds. The third-order valence-electron chi connectivity index (χ3n) is 1.72. The standard InChI is InChI=1S/C8H8F2N4/c9-7(10)5-1-4(2-11)6(3-12)14-8(5)13/h1,7H,2,11H2,(H2,13,14). The number of anilines is 1. The maximum Gasteiger partial charge on any atom is 0.267 e. The van der Waals surface area contributed by atoms with E-state index in [0.717, 1.165) is 6.07 Å². The summed E-state index contributed by atoms with van der Waals surface area (Å²) in [7, 11) is 0. The van der Waals surface area contributed by atoms with E-state index >= 15 is 0 Å². The van der Waals surface area contributed by atoms with Gasteiger partial charge in [-0.25, -0.2) is 13.8 Å². The first-order valence-electron chi connectivity index (χ1n) is 3.77. The first-order chi connectivity index (χ1) is 6.60. The van der Waals surface area contributed by atoms with Crippen molar-refractivity contribution < 1.29 is 8.78 Å². The topological polar surface area (TPSA) is 88.7 Å². The van der Waals surface area contributed by atoms with Crippen LogP contribution in [0.4, 0.5) is 14.6 Å². The molecule has 1 heterocycles. The van der Waals surface area contributed by atoms with Crippen LogP contribution in [0.2, 0.25) is 0 Å². The number of nitrogen functional groups attached to an aromatic ring is 1. The fourth-order valence-corrected chi connectivity index (χ4v) is 1.01. The average Bonchev–Trinajstić information content (AvgIpc) is 2.16. The van der Waals surface area contributed by atoms with Crippen molar-refractivity contribution in [3.63, 3.8) is 0 Å². The lowest BCUT2D eigenvalue weighted by Crippen LogP contribution is -2.07. The predicted molar refractivity (Wildman–Crippen MR) is 46.2 cm³/mol. The Kier molecular flexibility index (Phi) is 2.94. The number of nitriles is 1. The first-order valence-corrected chi connectivity index (χ1v) is 3.77. The molecule has 14 heavy (non-hydrogen) atoms. The average molecular weight is 198 g/mol. The second kappa shape index (κ2) is 3.98. The molecule has 0 aliphatic heterocycles. The van der Waals surface area contributed by atoms with Gasteiger partial charge in [-0.05, 0) is 6.07 Å². The van der Waals surface area contributed by atoms with Crippen molar-refractivity contribution in [3.05, 3.63) is 22.9 Å². The van der Waals surface area contributed by atoms with Crippen LogP contribution in [0, 0.1) is 11.3 Å². The van der Waals surface area contributed by atoms with E-state index in [1.54, 1.807) is 6.07 Å². The van der Waals surface area contributed by atoms with Gasteiger partial charge in [0.25, 0.3) is 6.43 Å². The minimum Gasteiger partial charge on any atom is -0.383 e. The first kappa shape index (κ1) is 10.3. The molecular weight excluding hydrogens is 190 g/mol. The maximum absolute atomic E-state index is 12.3. The monoisotopic (exact) mass is 198 g/mol. The van der Waals surface area contributed by atoms with Crippen LogP contribution >= 0.6 is 0 Å². The van der Waals surface area contributed by atoms with Gasteiger partial charge in [0.1, 0.15) is 17.6 Å². The normalized spacial score (nSPS) is 10.2. The van der Waals surface area contributed by atoms with Crippen LogP contribution < -0.4 is 11.5 Å². The molecule has 1 aromatic heterocycles. The lowest BCUT2D eigenvalue weighted by atomic mass is 10.1. The Morgan fingerprint density at radius 1 is 1.57 bits per heavy atom. The Morgan fingerprint density at radius 3 is 2.64 bits per heavy atom. The molecule has 1 rings (SSSR count). The van der Waals surface area contributed by atoms with Gasteiger partial charge >= 0.3 is 0 Å². The summed E-state index contributed by atoms with van der Waals surface area (Å²) in [6.07, 6.45) is -2.71. The number of rotatable bonds is 2. The van der Waals surface area contributed by atoms with Crippen LogP contribution in [0.5, 0.6) is 0 Å². The second-order valence-corrected chi connectivity index (χ2v) is 2.59. The molecule has 0 spiro atoms. The van der Waals surface area contributed by atoms with E-state index in [4.69, 9.17) is 16.7 Å². The molecule has 1 aromatic rings. The summed E-state index contributed by atoms with van der Waals surface area (Å²) in [5.41, 5.74) is 10.4. The molecule has 0 radical (unpaired) electrons. The van der Waals surface area contributed by atoms with Gasteiger partial charge < -0.3 is 11.5 Å². The SMILES string of the molecule is N#Cc1nc(N)c(C(F)F)cc1CN. The Balaban J connectivity index is 3.32. The number of nitrogens with two attached hydrogens (primary N) is 2. The fraction of sp³-hybridized carbons (Fsp3) is 0.250. The number of alkyl halides is 2. The molecule has 0 bridgehead atoms. The van der Waals surface area contributed by atoms with Gasteiger partial charge in [-0.3, -0.25) is 0 Å². The van der Waals surface area contributed by atoms with E-state index in [2.05, 4.69) is 4.98 Å². The molecule has 0 atom stereocenters. The number of hydrogen-bond acceptors (Lipinski definition) is 4. The molecule has 0 aliphatic rings. The molecular formula is C8H8F2N4. The van der Waals surface area contributed by atoms with Crippen molar-refractivity contribution >= 4 is 5.82 Å². The van der Waals surface area contributed by atoms with Crippen molar-refractivity contribution in [2.45, 2.75) is 13.0 Å². The van der Waals surface area contributed by atoms with Gasteiger partial charge in [-0.1, -0.05) is 0 Å². The van der Waals surface area contributed by atoms with E-state index in [1.807, 2.05) is 0 Å². The van der Waals surface area contributed by atoms with Crippen molar-refractivity contribution in [2.75, 3.05) is 5.73 Å². The minimum atomic E-state index is -2.71. The van der Waals surface area contributed by atoms with Gasteiger partial charge in [0.2, 0.25) is 0 Å². The summed E-state index contributed by atoms with van der Waals surface area (Å²) < 4.78 is 24.7. The summed E-state index contributed by atoms with van der Waals surface area (Å²) in [4.78, 5) is 3.54. The number of halogens is 2. The Hall–Kier alpha value is -1.74. The lowest BCUT2D eigenvalue weighted by Gasteiger charge is -2.07. The lowest BCUT2D eigenvalue weighted by molar-refractivity contribution is 0.152. The zero-order valence-corrected chi connectivity index (χ0v) is 7.17. The third kappa shape index (κ3) is 1.78. The van der Waals surface area contributed by atoms with E-state index in [-0.39, 0.29) is 29.2 Å². The van der Waals surface area contributed by atoms with E-state index in [1.165, 1.54) is 0 Å². The molecule has 0 fully saturated rings. The second-order valence-electron chi connectivity index (χ2n) is 2.59. The summed E-state index contributed by atoms with van der Waals surface area (Å²) in [6.45, 7) is -0.0180. The molecule has 74 valence electrons. The van der Waals surface area contributed by atoms with Gasteiger partial charge in [0, 0.05) is 12.1 Å².